The SMILES string of the molecule is O=C1c2cc(F)ccc2OC2CCON12. The van der Waals surface area contributed by atoms with Crippen LogP contribution in [0.1, 0.15) is 16.8 Å². The number of ether oxygens (including phenoxy) is 1. The summed E-state index contributed by atoms with van der Waals surface area (Å²) in [6.07, 6.45) is 0.276. The van der Waals surface area contributed by atoms with Gasteiger partial charge in [-0.05, 0) is 18.2 Å². The third-order valence-electron chi connectivity index (χ3n) is 2.49. The lowest BCUT2D eigenvalue weighted by Crippen LogP contribution is -2.42. The largest absolute Gasteiger partial charge is 0.467 e. The lowest BCUT2D eigenvalue weighted by Gasteiger charge is -2.29. The predicted octanol–water partition coefficient (Wildman–Crippen LogP) is 1.32. The first kappa shape index (κ1) is 8.67. The van der Waals surface area contributed by atoms with Gasteiger partial charge in [0.2, 0.25) is 6.23 Å². The smallest absolute Gasteiger partial charge is 0.284 e. The number of carbonyl (C=O) groups is 1. The normalized spacial score (nSPS) is 23.4. The van der Waals surface area contributed by atoms with Crippen LogP contribution < -0.4 is 4.74 Å². The lowest BCUT2D eigenvalue weighted by atomic mass is 10.1. The Labute approximate surface area is 85.1 Å². The van der Waals surface area contributed by atoms with Crippen LogP contribution in [-0.4, -0.2) is 23.8 Å². The first-order valence-corrected chi connectivity index (χ1v) is 4.68. The fourth-order valence-electron chi connectivity index (χ4n) is 1.79. The summed E-state index contributed by atoms with van der Waals surface area (Å²) in [6, 6.07) is 3.91. The van der Waals surface area contributed by atoms with Gasteiger partial charge in [-0.2, -0.15) is 5.06 Å². The molecular formula is C10H8FNO3. The number of hydrogen-bond acceptors (Lipinski definition) is 3. The minimum absolute atomic E-state index is 0.216. The van der Waals surface area contributed by atoms with Crippen LogP contribution in [0.5, 0.6) is 5.75 Å². The van der Waals surface area contributed by atoms with Crippen molar-refractivity contribution in [1.82, 2.24) is 5.06 Å². The lowest BCUT2D eigenvalue weighted by molar-refractivity contribution is -0.140. The Morgan fingerprint density at radius 2 is 2.33 bits per heavy atom. The number of rotatable bonds is 0. The molecule has 1 fully saturated rings. The van der Waals surface area contributed by atoms with E-state index < -0.39 is 5.82 Å². The second kappa shape index (κ2) is 2.93. The van der Waals surface area contributed by atoms with Crippen molar-refractivity contribution in [1.29, 1.82) is 0 Å². The minimum Gasteiger partial charge on any atom is -0.467 e. The zero-order valence-electron chi connectivity index (χ0n) is 7.77. The van der Waals surface area contributed by atoms with E-state index in [0.29, 0.717) is 18.8 Å². The first-order chi connectivity index (χ1) is 7.25. The van der Waals surface area contributed by atoms with E-state index in [9.17, 15) is 9.18 Å². The summed E-state index contributed by atoms with van der Waals surface area (Å²) in [7, 11) is 0. The van der Waals surface area contributed by atoms with E-state index in [-0.39, 0.29) is 17.7 Å². The highest BCUT2D eigenvalue weighted by Gasteiger charge is 2.38. The number of carbonyl (C=O) groups excluding carboxylic acids is 1. The Bertz CT molecular complexity index is 435. The molecule has 0 radical (unpaired) electrons. The number of fused-ring (bicyclic) bond motifs is 2. The summed E-state index contributed by atoms with van der Waals surface area (Å²) in [5.41, 5.74) is 0.216. The van der Waals surface area contributed by atoms with Crippen molar-refractivity contribution in [3.63, 3.8) is 0 Å². The topological polar surface area (TPSA) is 38.8 Å². The molecule has 1 unspecified atom stereocenters. The van der Waals surface area contributed by atoms with Gasteiger partial charge in [0.15, 0.2) is 0 Å². The maximum atomic E-state index is 12.9. The predicted molar refractivity (Wildman–Crippen MR) is 47.6 cm³/mol. The Morgan fingerprint density at radius 3 is 3.20 bits per heavy atom. The fraction of sp³-hybridized carbons (Fsp3) is 0.300. The molecule has 0 N–H and O–H groups in total. The molecular weight excluding hydrogens is 201 g/mol. The highest BCUT2D eigenvalue weighted by molar-refractivity contribution is 5.97. The zero-order chi connectivity index (χ0) is 10.4. The molecule has 0 bridgehead atoms. The summed E-state index contributed by atoms with van der Waals surface area (Å²) in [6.45, 7) is 0.451. The molecule has 2 heterocycles. The highest BCUT2D eigenvalue weighted by Crippen LogP contribution is 2.32. The van der Waals surface area contributed by atoms with Crippen LogP contribution in [0.3, 0.4) is 0 Å². The van der Waals surface area contributed by atoms with Crippen molar-refractivity contribution in [2.24, 2.45) is 0 Å². The number of hydrogen-bond donors (Lipinski definition) is 0. The summed E-state index contributed by atoms with van der Waals surface area (Å²) < 4.78 is 18.4. The Hall–Kier alpha value is -1.62. The second-order valence-electron chi connectivity index (χ2n) is 3.47. The van der Waals surface area contributed by atoms with Gasteiger partial charge in [0.05, 0.1) is 12.2 Å². The molecule has 3 rings (SSSR count). The molecule has 2 aliphatic heterocycles. The van der Waals surface area contributed by atoms with E-state index in [1.165, 1.54) is 17.2 Å². The molecule has 1 saturated heterocycles. The van der Waals surface area contributed by atoms with E-state index in [4.69, 9.17) is 9.57 Å². The molecule has 78 valence electrons. The molecule has 0 spiro atoms. The molecule has 1 amide bonds. The number of hydroxylamine groups is 2. The summed E-state index contributed by atoms with van der Waals surface area (Å²) in [4.78, 5) is 16.9. The van der Waals surface area contributed by atoms with Gasteiger partial charge in [-0.25, -0.2) is 4.39 Å². The highest BCUT2D eigenvalue weighted by atomic mass is 19.1. The van der Waals surface area contributed by atoms with Crippen molar-refractivity contribution in [2.75, 3.05) is 6.61 Å². The van der Waals surface area contributed by atoms with Crippen LogP contribution in [0.4, 0.5) is 4.39 Å². The number of amides is 1. The number of nitrogens with zero attached hydrogens (tertiary/aromatic N) is 1. The molecule has 0 saturated carbocycles. The minimum atomic E-state index is -0.455. The zero-order valence-corrected chi connectivity index (χ0v) is 7.77. The van der Waals surface area contributed by atoms with E-state index in [2.05, 4.69) is 0 Å². The Kier molecular flexibility index (Phi) is 1.70. The van der Waals surface area contributed by atoms with Gasteiger partial charge >= 0.3 is 0 Å². The third-order valence-corrected chi connectivity index (χ3v) is 2.49. The number of benzene rings is 1. The molecule has 1 aromatic rings. The second-order valence-corrected chi connectivity index (χ2v) is 3.47. The van der Waals surface area contributed by atoms with Gasteiger partial charge in [0, 0.05) is 6.42 Å². The Balaban J connectivity index is 2.09. The van der Waals surface area contributed by atoms with Crippen molar-refractivity contribution < 1.29 is 18.8 Å². The van der Waals surface area contributed by atoms with Crippen LogP contribution in [0, 0.1) is 5.82 Å². The molecule has 2 aliphatic rings. The first-order valence-electron chi connectivity index (χ1n) is 4.68. The maximum Gasteiger partial charge on any atom is 0.284 e. The molecule has 0 aromatic heterocycles. The van der Waals surface area contributed by atoms with E-state index in [0.717, 1.165) is 6.07 Å². The van der Waals surface area contributed by atoms with Crippen LogP contribution in [0.2, 0.25) is 0 Å². The average Bonchev–Trinajstić information content (AvgIpc) is 2.68. The number of halogens is 1. The fourth-order valence-corrected chi connectivity index (χ4v) is 1.79. The van der Waals surface area contributed by atoms with E-state index >= 15 is 0 Å². The molecule has 5 heteroatoms. The van der Waals surface area contributed by atoms with Crippen molar-refractivity contribution in [3.8, 4) is 5.75 Å². The quantitative estimate of drug-likeness (QED) is 0.646. The van der Waals surface area contributed by atoms with Crippen LogP contribution in [-0.2, 0) is 4.84 Å². The van der Waals surface area contributed by atoms with Gasteiger partial charge < -0.3 is 4.74 Å². The van der Waals surface area contributed by atoms with E-state index in [1.807, 2.05) is 0 Å². The standard InChI is InChI=1S/C10H8FNO3/c11-6-1-2-8-7(5-6)10(13)12-9(15-8)3-4-14-12/h1-2,5,9H,3-4H2. The summed E-state index contributed by atoms with van der Waals surface area (Å²) in [5, 5.41) is 1.17. The third kappa shape index (κ3) is 1.20. The van der Waals surface area contributed by atoms with Crippen LogP contribution >= 0.6 is 0 Å². The molecule has 1 atom stereocenters. The maximum absolute atomic E-state index is 12.9. The molecule has 15 heavy (non-hydrogen) atoms. The van der Waals surface area contributed by atoms with E-state index in [1.54, 1.807) is 0 Å². The van der Waals surface area contributed by atoms with Gasteiger partial charge in [-0.15, -0.1) is 0 Å². The molecule has 1 aromatic carbocycles. The summed E-state index contributed by atoms with van der Waals surface area (Å²) >= 11 is 0. The van der Waals surface area contributed by atoms with Gasteiger partial charge in [0.1, 0.15) is 11.6 Å². The van der Waals surface area contributed by atoms with Gasteiger partial charge in [0.25, 0.3) is 5.91 Å². The molecule has 4 nitrogen and oxygen atoms in total. The van der Waals surface area contributed by atoms with Crippen molar-refractivity contribution >= 4 is 5.91 Å². The van der Waals surface area contributed by atoms with Gasteiger partial charge in [-0.1, -0.05) is 0 Å². The summed E-state index contributed by atoms with van der Waals surface area (Å²) in [5.74, 6) is -0.366. The Morgan fingerprint density at radius 1 is 1.47 bits per heavy atom. The average molecular weight is 209 g/mol. The van der Waals surface area contributed by atoms with Crippen molar-refractivity contribution in [3.05, 3.63) is 29.6 Å². The van der Waals surface area contributed by atoms with Crippen LogP contribution in [0.15, 0.2) is 18.2 Å². The van der Waals surface area contributed by atoms with Gasteiger partial charge in [-0.3, -0.25) is 9.63 Å². The monoisotopic (exact) mass is 209 g/mol. The van der Waals surface area contributed by atoms with Crippen LogP contribution in [0.25, 0.3) is 0 Å². The van der Waals surface area contributed by atoms with Crippen molar-refractivity contribution in [2.45, 2.75) is 12.6 Å². The molecule has 0 aliphatic carbocycles.